The highest BCUT2D eigenvalue weighted by molar-refractivity contribution is 5.94. The number of amides is 1. The van der Waals surface area contributed by atoms with Crippen LogP contribution in [0.3, 0.4) is 0 Å². The molecule has 2 saturated heterocycles. The fourth-order valence-electron chi connectivity index (χ4n) is 4.85. The normalized spacial score (nSPS) is 18.0. The van der Waals surface area contributed by atoms with Crippen LogP contribution in [0, 0.1) is 0 Å². The van der Waals surface area contributed by atoms with Crippen LogP contribution in [0.25, 0.3) is 11.0 Å². The molecule has 0 saturated carbocycles. The molecule has 0 atom stereocenters. The number of fused-ring (bicyclic) bond motifs is 1. The van der Waals surface area contributed by atoms with Gasteiger partial charge in [-0.05, 0) is 67.2 Å². The number of aromatic nitrogens is 2. The van der Waals surface area contributed by atoms with Gasteiger partial charge in [-0.3, -0.25) is 9.69 Å². The standard InChI is InChI=1S/C25H28F3N5O.ClH/c26-25(27,28)20-4-1-17(2-5-20)16-32-11-13-33(14-12-32)24(34)23-30-21-6-3-19(15-22(21)31-23)18-7-9-29-10-8-18;/h1-6,15,18,29H,7-14,16H2,(H,30,31);1H. The van der Waals surface area contributed by atoms with Crippen LogP contribution >= 0.6 is 12.4 Å². The number of piperazine rings is 1. The Morgan fingerprint density at radius 3 is 2.34 bits per heavy atom. The average Bonchev–Trinajstić information content (AvgIpc) is 3.28. The van der Waals surface area contributed by atoms with Crippen molar-refractivity contribution in [3.05, 3.63) is 65.0 Å². The van der Waals surface area contributed by atoms with E-state index in [2.05, 4.69) is 32.3 Å². The van der Waals surface area contributed by atoms with Crippen LogP contribution in [0.5, 0.6) is 0 Å². The number of hydrogen-bond acceptors (Lipinski definition) is 4. The van der Waals surface area contributed by atoms with Crippen molar-refractivity contribution in [2.75, 3.05) is 39.3 Å². The van der Waals surface area contributed by atoms with Gasteiger partial charge in [-0.2, -0.15) is 13.2 Å². The van der Waals surface area contributed by atoms with Crippen LogP contribution < -0.4 is 5.32 Å². The lowest BCUT2D eigenvalue weighted by Crippen LogP contribution is -2.48. The minimum atomic E-state index is -4.32. The SMILES string of the molecule is Cl.O=C(c1nc2ccc(C3CCNCC3)cc2[nH]1)N1CCN(Cc2ccc(C(F)(F)F)cc2)CC1. The lowest BCUT2D eigenvalue weighted by Gasteiger charge is -2.34. The van der Waals surface area contributed by atoms with E-state index in [1.54, 1.807) is 4.90 Å². The van der Waals surface area contributed by atoms with Gasteiger partial charge in [0.25, 0.3) is 5.91 Å². The number of benzene rings is 2. The van der Waals surface area contributed by atoms with Gasteiger partial charge in [0.05, 0.1) is 16.6 Å². The van der Waals surface area contributed by atoms with Crippen LogP contribution in [0.15, 0.2) is 42.5 Å². The predicted octanol–water partition coefficient (Wildman–Crippen LogP) is 4.43. The molecule has 0 bridgehead atoms. The number of alkyl halides is 3. The fourth-order valence-corrected chi connectivity index (χ4v) is 4.85. The number of hydrogen-bond donors (Lipinski definition) is 2. The summed E-state index contributed by atoms with van der Waals surface area (Å²) in [5.41, 5.74) is 3.16. The third-order valence-corrected chi connectivity index (χ3v) is 6.87. The van der Waals surface area contributed by atoms with E-state index in [0.717, 1.165) is 54.7 Å². The van der Waals surface area contributed by atoms with E-state index in [1.165, 1.54) is 17.7 Å². The summed E-state index contributed by atoms with van der Waals surface area (Å²) < 4.78 is 38.3. The van der Waals surface area contributed by atoms with Gasteiger partial charge in [-0.25, -0.2) is 4.98 Å². The number of piperidine rings is 1. The number of carbonyl (C=O) groups excluding carboxylic acids is 1. The first kappa shape index (κ1) is 25.5. The van der Waals surface area contributed by atoms with E-state index in [9.17, 15) is 18.0 Å². The van der Waals surface area contributed by atoms with Crippen LogP contribution in [0.4, 0.5) is 13.2 Å². The minimum absolute atomic E-state index is 0. The molecule has 2 aromatic carbocycles. The van der Waals surface area contributed by atoms with Crippen LogP contribution in [-0.4, -0.2) is 64.9 Å². The summed E-state index contributed by atoms with van der Waals surface area (Å²) in [6, 6.07) is 11.5. The largest absolute Gasteiger partial charge is 0.416 e. The van der Waals surface area contributed by atoms with Crippen molar-refractivity contribution in [3.8, 4) is 0 Å². The number of nitrogens with zero attached hydrogens (tertiary/aromatic N) is 3. The van der Waals surface area contributed by atoms with Gasteiger partial charge in [0.2, 0.25) is 0 Å². The Kier molecular flexibility index (Phi) is 7.68. The zero-order valence-electron chi connectivity index (χ0n) is 19.3. The monoisotopic (exact) mass is 507 g/mol. The number of imidazole rings is 1. The van der Waals surface area contributed by atoms with Gasteiger partial charge in [0, 0.05) is 32.7 Å². The van der Waals surface area contributed by atoms with E-state index in [0.29, 0.717) is 44.5 Å². The third kappa shape index (κ3) is 5.79. The molecule has 10 heteroatoms. The zero-order valence-corrected chi connectivity index (χ0v) is 20.1. The van der Waals surface area contributed by atoms with Crippen LogP contribution in [-0.2, 0) is 12.7 Å². The highest BCUT2D eigenvalue weighted by atomic mass is 35.5. The summed E-state index contributed by atoms with van der Waals surface area (Å²) in [6.45, 7) is 5.04. The number of H-pyrrole nitrogens is 1. The third-order valence-electron chi connectivity index (χ3n) is 6.87. The summed E-state index contributed by atoms with van der Waals surface area (Å²) in [7, 11) is 0. The number of aromatic amines is 1. The highest BCUT2D eigenvalue weighted by Gasteiger charge is 2.30. The number of halogens is 4. The molecule has 2 fully saturated rings. The summed E-state index contributed by atoms with van der Waals surface area (Å²) in [4.78, 5) is 24.7. The van der Waals surface area contributed by atoms with Crippen molar-refractivity contribution in [1.29, 1.82) is 0 Å². The van der Waals surface area contributed by atoms with Gasteiger partial charge < -0.3 is 15.2 Å². The Labute approximate surface area is 208 Å². The molecule has 0 aliphatic carbocycles. The van der Waals surface area contributed by atoms with Crippen LogP contribution in [0.2, 0.25) is 0 Å². The average molecular weight is 508 g/mol. The second-order valence-electron chi connectivity index (χ2n) is 9.15. The first-order chi connectivity index (χ1) is 16.4. The van der Waals surface area contributed by atoms with Crippen molar-refractivity contribution < 1.29 is 18.0 Å². The molecule has 1 amide bonds. The molecule has 0 radical (unpaired) electrons. The Balaban J connectivity index is 0.00000289. The fraction of sp³-hybridized carbons (Fsp3) is 0.440. The minimum Gasteiger partial charge on any atom is -0.334 e. The van der Waals surface area contributed by atoms with Gasteiger partial charge in [0.15, 0.2) is 5.82 Å². The van der Waals surface area contributed by atoms with Crippen molar-refractivity contribution >= 4 is 29.3 Å². The predicted molar refractivity (Wildman–Crippen MR) is 131 cm³/mol. The Hall–Kier alpha value is -2.62. The molecule has 5 rings (SSSR count). The van der Waals surface area contributed by atoms with Crippen molar-refractivity contribution in [1.82, 2.24) is 25.1 Å². The van der Waals surface area contributed by atoms with E-state index in [4.69, 9.17) is 0 Å². The molecule has 2 aliphatic heterocycles. The Morgan fingerprint density at radius 2 is 1.69 bits per heavy atom. The quantitative estimate of drug-likeness (QED) is 0.548. The number of rotatable bonds is 4. The molecule has 35 heavy (non-hydrogen) atoms. The molecular weight excluding hydrogens is 479 g/mol. The molecule has 6 nitrogen and oxygen atoms in total. The van der Waals surface area contributed by atoms with E-state index in [-0.39, 0.29) is 18.3 Å². The second kappa shape index (κ2) is 10.6. The van der Waals surface area contributed by atoms with E-state index >= 15 is 0 Å². The molecule has 188 valence electrons. The molecule has 3 aromatic rings. The van der Waals surface area contributed by atoms with Crippen molar-refractivity contribution in [3.63, 3.8) is 0 Å². The summed E-state index contributed by atoms with van der Waals surface area (Å²) >= 11 is 0. The molecule has 3 heterocycles. The summed E-state index contributed by atoms with van der Waals surface area (Å²) in [5.74, 6) is 0.772. The highest BCUT2D eigenvalue weighted by Crippen LogP contribution is 2.30. The Bertz CT molecular complexity index is 1150. The van der Waals surface area contributed by atoms with E-state index < -0.39 is 11.7 Å². The topological polar surface area (TPSA) is 64.3 Å². The molecule has 0 spiro atoms. The molecule has 1 aromatic heterocycles. The molecule has 0 unspecified atom stereocenters. The smallest absolute Gasteiger partial charge is 0.334 e. The first-order valence-electron chi connectivity index (χ1n) is 11.7. The maximum atomic E-state index is 13.1. The lowest BCUT2D eigenvalue weighted by atomic mass is 9.90. The summed E-state index contributed by atoms with van der Waals surface area (Å²) in [6.07, 6.45) is -2.10. The lowest BCUT2D eigenvalue weighted by molar-refractivity contribution is -0.137. The van der Waals surface area contributed by atoms with Crippen molar-refractivity contribution in [2.45, 2.75) is 31.5 Å². The number of nitrogens with one attached hydrogen (secondary N) is 2. The van der Waals surface area contributed by atoms with Crippen LogP contribution in [0.1, 0.15) is 46.1 Å². The molecular formula is C25H29ClF3N5O. The Morgan fingerprint density at radius 1 is 1.00 bits per heavy atom. The molecule has 2 N–H and O–H groups in total. The van der Waals surface area contributed by atoms with E-state index in [1.807, 2.05) is 6.07 Å². The van der Waals surface area contributed by atoms with Gasteiger partial charge in [-0.15, -0.1) is 12.4 Å². The maximum Gasteiger partial charge on any atom is 0.416 e. The van der Waals surface area contributed by atoms with Gasteiger partial charge in [-0.1, -0.05) is 18.2 Å². The van der Waals surface area contributed by atoms with Gasteiger partial charge >= 0.3 is 6.18 Å². The maximum absolute atomic E-state index is 13.1. The number of carbonyl (C=O) groups is 1. The molecule has 2 aliphatic rings. The summed E-state index contributed by atoms with van der Waals surface area (Å²) in [5, 5.41) is 3.39. The first-order valence-corrected chi connectivity index (χ1v) is 11.7. The van der Waals surface area contributed by atoms with Gasteiger partial charge in [0.1, 0.15) is 0 Å². The second-order valence-corrected chi connectivity index (χ2v) is 9.15. The van der Waals surface area contributed by atoms with Crippen molar-refractivity contribution in [2.24, 2.45) is 0 Å². The zero-order chi connectivity index (χ0) is 23.7.